The molecule has 0 aliphatic rings. The number of ether oxygens (including phenoxy) is 3. The Balaban J connectivity index is 1.47. The smallest absolute Gasteiger partial charge is 0.274 e. The van der Waals surface area contributed by atoms with Gasteiger partial charge in [-0.2, -0.15) is 5.10 Å². The van der Waals surface area contributed by atoms with E-state index in [1.54, 1.807) is 40.5 Å². The van der Waals surface area contributed by atoms with E-state index in [1.165, 1.54) is 4.68 Å². The minimum atomic E-state index is -0.329. The molecule has 0 atom stereocenters. The molecule has 5 aromatic rings. The number of hydrogen-bond donors (Lipinski definition) is 1. The van der Waals surface area contributed by atoms with Crippen molar-refractivity contribution in [3.05, 3.63) is 78.2 Å². The van der Waals surface area contributed by atoms with Crippen LogP contribution >= 0.6 is 0 Å². The van der Waals surface area contributed by atoms with Gasteiger partial charge in [-0.25, -0.2) is 4.98 Å². The number of rotatable bonds is 7. The SMILES string of the molecule is COc1ccc(OC)c(-c2cc(C(=O)Nc3cc(-c4cn5cccc(C)c5n4)ccc3OC)n(C)n2)c1. The topological polar surface area (TPSA) is 91.9 Å². The molecule has 0 saturated heterocycles. The second-order valence-electron chi connectivity index (χ2n) is 8.52. The van der Waals surface area contributed by atoms with Gasteiger partial charge < -0.3 is 23.9 Å². The monoisotopic (exact) mass is 497 g/mol. The van der Waals surface area contributed by atoms with E-state index in [-0.39, 0.29) is 5.91 Å². The van der Waals surface area contributed by atoms with Crippen molar-refractivity contribution in [1.82, 2.24) is 19.2 Å². The Hall–Kier alpha value is -4.79. The summed E-state index contributed by atoms with van der Waals surface area (Å²) < 4.78 is 19.9. The maximum Gasteiger partial charge on any atom is 0.274 e. The summed E-state index contributed by atoms with van der Waals surface area (Å²) in [6.07, 6.45) is 3.92. The fourth-order valence-corrected chi connectivity index (χ4v) is 4.27. The molecule has 188 valence electrons. The fourth-order valence-electron chi connectivity index (χ4n) is 4.27. The Labute approximate surface area is 214 Å². The first-order chi connectivity index (χ1) is 17.9. The van der Waals surface area contributed by atoms with Crippen molar-refractivity contribution in [2.75, 3.05) is 26.6 Å². The highest BCUT2D eigenvalue weighted by Gasteiger charge is 2.19. The van der Waals surface area contributed by atoms with Gasteiger partial charge in [0.2, 0.25) is 0 Å². The van der Waals surface area contributed by atoms with Gasteiger partial charge in [-0.1, -0.05) is 6.07 Å². The molecule has 3 aromatic heterocycles. The Morgan fingerprint density at radius 2 is 1.70 bits per heavy atom. The minimum absolute atomic E-state index is 0.329. The summed E-state index contributed by atoms with van der Waals surface area (Å²) in [5, 5.41) is 7.52. The molecule has 0 spiro atoms. The summed E-state index contributed by atoms with van der Waals surface area (Å²) in [5.41, 5.74) is 5.81. The number of pyridine rings is 1. The highest BCUT2D eigenvalue weighted by atomic mass is 16.5. The lowest BCUT2D eigenvalue weighted by Gasteiger charge is -2.11. The molecule has 0 bridgehead atoms. The first-order valence-corrected chi connectivity index (χ1v) is 11.6. The van der Waals surface area contributed by atoms with Gasteiger partial charge in [-0.3, -0.25) is 9.48 Å². The number of anilines is 1. The molecule has 37 heavy (non-hydrogen) atoms. The van der Waals surface area contributed by atoms with Crippen molar-refractivity contribution in [2.24, 2.45) is 7.05 Å². The molecular formula is C28H27N5O4. The van der Waals surface area contributed by atoms with Crippen LogP contribution in [0.15, 0.2) is 67.0 Å². The number of methoxy groups -OCH3 is 3. The molecule has 0 aliphatic heterocycles. The Morgan fingerprint density at radius 1 is 0.919 bits per heavy atom. The second kappa shape index (κ2) is 9.69. The van der Waals surface area contributed by atoms with Gasteiger partial charge in [0.05, 0.1) is 38.4 Å². The standard InChI is InChI=1S/C28H27N5O4/c1-17-7-6-12-33-16-23(29-27(17)33)18-8-10-26(37-5)22(13-18)30-28(34)24-15-21(31-32(24)2)20-14-19(35-3)9-11-25(20)36-4/h6-16H,1-5H3,(H,30,34). The van der Waals surface area contributed by atoms with Crippen LogP contribution in [-0.2, 0) is 7.05 Å². The summed E-state index contributed by atoms with van der Waals surface area (Å²) in [5.74, 6) is 1.50. The van der Waals surface area contributed by atoms with Crippen molar-refractivity contribution >= 4 is 17.2 Å². The summed E-state index contributed by atoms with van der Waals surface area (Å²) in [6, 6.07) is 16.8. The van der Waals surface area contributed by atoms with Crippen LogP contribution < -0.4 is 19.5 Å². The maximum atomic E-state index is 13.4. The first-order valence-electron chi connectivity index (χ1n) is 11.6. The predicted molar refractivity (Wildman–Crippen MR) is 142 cm³/mol. The van der Waals surface area contributed by atoms with Gasteiger partial charge in [0, 0.05) is 30.6 Å². The van der Waals surface area contributed by atoms with Gasteiger partial charge in [-0.15, -0.1) is 0 Å². The molecule has 0 fully saturated rings. The lowest BCUT2D eigenvalue weighted by molar-refractivity contribution is 0.101. The lowest BCUT2D eigenvalue weighted by atomic mass is 10.1. The number of fused-ring (bicyclic) bond motifs is 1. The van der Waals surface area contributed by atoms with Crippen LogP contribution in [0.4, 0.5) is 5.69 Å². The van der Waals surface area contributed by atoms with Gasteiger partial charge >= 0.3 is 0 Å². The van der Waals surface area contributed by atoms with Crippen LogP contribution in [0.2, 0.25) is 0 Å². The van der Waals surface area contributed by atoms with Crippen molar-refractivity contribution in [3.63, 3.8) is 0 Å². The van der Waals surface area contributed by atoms with E-state index >= 15 is 0 Å². The molecule has 3 heterocycles. The average molecular weight is 498 g/mol. The minimum Gasteiger partial charge on any atom is -0.497 e. The van der Waals surface area contributed by atoms with Gasteiger partial charge in [0.1, 0.15) is 28.6 Å². The Kier molecular flexibility index (Phi) is 6.27. The van der Waals surface area contributed by atoms with Crippen LogP contribution in [0, 0.1) is 6.92 Å². The molecule has 0 radical (unpaired) electrons. The van der Waals surface area contributed by atoms with Crippen LogP contribution in [0.3, 0.4) is 0 Å². The zero-order valence-electron chi connectivity index (χ0n) is 21.3. The normalized spacial score (nSPS) is 10.9. The molecule has 1 N–H and O–H groups in total. The van der Waals surface area contributed by atoms with Gasteiger partial charge in [-0.05, 0) is 61.0 Å². The molecule has 0 saturated carbocycles. The van der Waals surface area contributed by atoms with E-state index in [2.05, 4.69) is 10.4 Å². The van der Waals surface area contributed by atoms with Crippen molar-refractivity contribution in [2.45, 2.75) is 6.92 Å². The molecule has 2 aromatic carbocycles. The third-order valence-corrected chi connectivity index (χ3v) is 6.22. The molecule has 9 nitrogen and oxygen atoms in total. The van der Waals surface area contributed by atoms with E-state index in [1.807, 2.05) is 66.2 Å². The maximum absolute atomic E-state index is 13.4. The van der Waals surface area contributed by atoms with Crippen LogP contribution in [0.25, 0.3) is 28.2 Å². The summed E-state index contributed by atoms with van der Waals surface area (Å²) in [6.45, 7) is 2.02. The number of nitrogens with one attached hydrogen (secondary N) is 1. The van der Waals surface area contributed by atoms with E-state index in [0.717, 1.165) is 28.0 Å². The lowest BCUT2D eigenvalue weighted by Crippen LogP contribution is -2.16. The predicted octanol–water partition coefficient (Wildman–Crippen LogP) is 4.99. The number of benzene rings is 2. The molecule has 0 unspecified atom stereocenters. The quantitative estimate of drug-likeness (QED) is 0.341. The number of imidazole rings is 1. The van der Waals surface area contributed by atoms with Gasteiger partial charge in [0.15, 0.2) is 0 Å². The fraction of sp³-hybridized carbons (Fsp3) is 0.179. The second-order valence-corrected chi connectivity index (χ2v) is 8.52. The van der Waals surface area contributed by atoms with Crippen molar-refractivity contribution in [1.29, 1.82) is 0 Å². The van der Waals surface area contributed by atoms with Crippen LogP contribution in [0.1, 0.15) is 16.1 Å². The summed E-state index contributed by atoms with van der Waals surface area (Å²) >= 11 is 0. The Bertz CT molecular complexity index is 1620. The number of aromatic nitrogens is 4. The van der Waals surface area contributed by atoms with Crippen molar-refractivity contribution < 1.29 is 19.0 Å². The number of nitrogens with zero attached hydrogens (tertiary/aromatic N) is 4. The molecular weight excluding hydrogens is 470 g/mol. The van der Waals surface area contributed by atoms with Crippen LogP contribution in [-0.4, -0.2) is 46.4 Å². The van der Waals surface area contributed by atoms with Crippen molar-refractivity contribution in [3.8, 4) is 39.8 Å². The zero-order valence-corrected chi connectivity index (χ0v) is 21.3. The molecule has 5 rings (SSSR count). The number of carbonyl (C=O) groups is 1. The van der Waals surface area contributed by atoms with Gasteiger partial charge in [0.25, 0.3) is 5.91 Å². The summed E-state index contributed by atoms with van der Waals surface area (Å²) in [4.78, 5) is 18.1. The van der Waals surface area contributed by atoms with E-state index < -0.39 is 0 Å². The van der Waals surface area contributed by atoms with E-state index in [0.29, 0.717) is 34.3 Å². The van der Waals surface area contributed by atoms with E-state index in [4.69, 9.17) is 19.2 Å². The highest BCUT2D eigenvalue weighted by molar-refractivity contribution is 6.05. The molecule has 9 heteroatoms. The third-order valence-electron chi connectivity index (χ3n) is 6.22. The third kappa shape index (κ3) is 4.47. The zero-order chi connectivity index (χ0) is 26.1. The summed E-state index contributed by atoms with van der Waals surface area (Å²) in [7, 11) is 6.47. The largest absolute Gasteiger partial charge is 0.497 e. The highest BCUT2D eigenvalue weighted by Crippen LogP contribution is 2.34. The number of hydrogen-bond acceptors (Lipinski definition) is 6. The van der Waals surface area contributed by atoms with Crippen LogP contribution in [0.5, 0.6) is 17.2 Å². The molecule has 1 amide bonds. The number of carbonyl (C=O) groups excluding carboxylic acids is 1. The number of aryl methyl sites for hydroxylation is 2. The Morgan fingerprint density at radius 3 is 2.43 bits per heavy atom. The molecule has 0 aliphatic carbocycles. The van der Waals surface area contributed by atoms with E-state index in [9.17, 15) is 4.79 Å². The average Bonchev–Trinajstić information content (AvgIpc) is 3.53. The first kappa shape index (κ1) is 23.9. The number of amides is 1.